The van der Waals surface area contributed by atoms with Crippen molar-refractivity contribution in [3.63, 3.8) is 0 Å². The third-order valence-corrected chi connectivity index (χ3v) is 6.07. The molecule has 0 bridgehead atoms. The number of likely N-dealkylation sites (tertiary alicyclic amines) is 1. The van der Waals surface area contributed by atoms with Crippen LogP contribution in [0.2, 0.25) is 0 Å². The molecule has 1 fully saturated rings. The number of rotatable bonds is 6. The van der Waals surface area contributed by atoms with Crippen molar-refractivity contribution in [2.75, 3.05) is 20.1 Å². The summed E-state index contributed by atoms with van der Waals surface area (Å²) in [6.45, 7) is 0.391. The van der Waals surface area contributed by atoms with Gasteiger partial charge in [0.1, 0.15) is 11.5 Å². The molecule has 2 amide bonds. The highest BCUT2D eigenvalue weighted by molar-refractivity contribution is 5.94. The Hall–Kier alpha value is -4.41. The molecule has 38 heavy (non-hydrogen) atoms. The van der Waals surface area contributed by atoms with Gasteiger partial charge in [0.25, 0.3) is 11.6 Å². The highest BCUT2D eigenvalue weighted by Crippen LogP contribution is 2.31. The number of amides is 2. The Balaban J connectivity index is 1.52. The molecule has 0 aliphatic carbocycles. The standard InChI is InChI=1S/C27H24F3N3O5/c1-32(36)22-9-13-23(14-10-22)37-26(35)33-16-20(18-7-11-24(12-8-18)38-27(28,29)30)15-21(17-33)31-25(34)19-5-3-2-4-6-19/h2-14,20-21H,15-17H2,1H3/p+1. The molecule has 0 aromatic heterocycles. The predicted molar refractivity (Wildman–Crippen MR) is 131 cm³/mol. The number of alkyl halides is 3. The molecule has 3 aromatic rings. The Kier molecular flexibility index (Phi) is 7.94. The second-order valence-corrected chi connectivity index (χ2v) is 8.85. The van der Waals surface area contributed by atoms with Crippen molar-refractivity contribution in [2.45, 2.75) is 24.7 Å². The van der Waals surface area contributed by atoms with Crippen LogP contribution >= 0.6 is 0 Å². The van der Waals surface area contributed by atoms with Crippen molar-refractivity contribution in [3.05, 3.63) is 94.9 Å². The Morgan fingerprint density at radius 3 is 2.16 bits per heavy atom. The van der Waals surface area contributed by atoms with E-state index in [2.05, 4.69) is 10.1 Å². The molecule has 0 saturated carbocycles. The molecule has 1 heterocycles. The molecule has 2 atom stereocenters. The van der Waals surface area contributed by atoms with Crippen LogP contribution < -0.4 is 14.8 Å². The normalized spacial score (nSPS) is 17.4. The summed E-state index contributed by atoms with van der Waals surface area (Å²) in [6.07, 6.45) is -5.01. The minimum absolute atomic E-state index is 0.171. The Bertz CT molecular complexity index is 1280. The van der Waals surface area contributed by atoms with E-state index in [-0.39, 0.29) is 36.4 Å². The van der Waals surface area contributed by atoms with Crippen LogP contribution in [0.25, 0.3) is 0 Å². The van der Waals surface area contributed by atoms with Crippen molar-refractivity contribution >= 4 is 17.7 Å². The van der Waals surface area contributed by atoms with Gasteiger partial charge in [0.05, 0.1) is 0 Å². The van der Waals surface area contributed by atoms with E-state index in [1.165, 1.54) is 60.5 Å². The molecular weight excluding hydrogens is 503 g/mol. The second kappa shape index (κ2) is 11.3. The van der Waals surface area contributed by atoms with E-state index in [1.807, 2.05) is 0 Å². The van der Waals surface area contributed by atoms with Gasteiger partial charge in [-0.05, 0) is 48.4 Å². The fourth-order valence-electron chi connectivity index (χ4n) is 4.28. The zero-order valence-corrected chi connectivity index (χ0v) is 20.4. The van der Waals surface area contributed by atoms with Gasteiger partial charge in [-0.1, -0.05) is 30.3 Å². The predicted octanol–water partition coefficient (Wildman–Crippen LogP) is 5.41. The van der Waals surface area contributed by atoms with Crippen LogP contribution in [0.5, 0.6) is 11.5 Å². The van der Waals surface area contributed by atoms with Crippen molar-refractivity contribution in [1.82, 2.24) is 10.2 Å². The van der Waals surface area contributed by atoms with E-state index in [0.717, 1.165) is 0 Å². The van der Waals surface area contributed by atoms with Crippen LogP contribution in [0.1, 0.15) is 28.3 Å². The summed E-state index contributed by atoms with van der Waals surface area (Å²) in [5.41, 5.74) is 1.53. The van der Waals surface area contributed by atoms with Crippen LogP contribution in [0, 0.1) is 4.91 Å². The lowest BCUT2D eigenvalue weighted by Gasteiger charge is -2.37. The molecule has 8 nitrogen and oxygen atoms in total. The van der Waals surface area contributed by atoms with Gasteiger partial charge in [-0.25, -0.2) is 4.79 Å². The van der Waals surface area contributed by atoms with Crippen molar-refractivity contribution < 1.29 is 37.0 Å². The first-order valence-corrected chi connectivity index (χ1v) is 11.8. The Morgan fingerprint density at radius 2 is 1.55 bits per heavy atom. The van der Waals surface area contributed by atoms with Gasteiger partial charge in [0.15, 0.2) is 7.05 Å². The fourth-order valence-corrected chi connectivity index (χ4v) is 4.28. The number of hydrogen-bond acceptors (Lipinski definition) is 5. The van der Waals surface area contributed by atoms with E-state index >= 15 is 0 Å². The molecule has 1 aliphatic heterocycles. The first-order chi connectivity index (χ1) is 18.1. The van der Waals surface area contributed by atoms with Crippen molar-refractivity contribution in [2.24, 2.45) is 0 Å². The van der Waals surface area contributed by atoms with E-state index in [0.29, 0.717) is 28.0 Å². The summed E-state index contributed by atoms with van der Waals surface area (Å²) in [5.74, 6) is -0.722. The van der Waals surface area contributed by atoms with Gasteiger partial charge >= 0.3 is 12.5 Å². The number of hydrogen-bond donors (Lipinski definition) is 1. The number of carbonyl (C=O) groups is 2. The molecular formula is C27H25F3N3O5+. The van der Waals surface area contributed by atoms with Gasteiger partial charge < -0.3 is 19.7 Å². The summed E-state index contributed by atoms with van der Waals surface area (Å²) < 4.78 is 47.8. The molecule has 11 heteroatoms. The maximum absolute atomic E-state index is 13.0. The zero-order chi connectivity index (χ0) is 27.3. The summed E-state index contributed by atoms with van der Waals surface area (Å²) in [6, 6.07) is 19.6. The minimum Gasteiger partial charge on any atom is -0.410 e. The minimum atomic E-state index is -4.80. The molecule has 3 aromatic carbocycles. The summed E-state index contributed by atoms with van der Waals surface area (Å²) in [7, 11) is 1.35. The number of nitrogens with zero attached hydrogens (tertiary/aromatic N) is 2. The van der Waals surface area contributed by atoms with Crippen molar-refractivity contribution in [3.8, 4) is 11.5 Å². The number of piperidine rings is 1. The maximum Gasteiger partial charge on any atom is 0.573 e. The molecule has 2 unspecified atom stereocenters. The monoisotopic (exact) mass is 528 g/mol. The Morgan fingerprint density at radius 1 is 0.921 bits per heavy atom. The second-order valence-electron chi connectivity index (χ2n) is 8.85. The highest BCUT2D eigenvalue weighted by Gasteiger charge is 2.34. The van der Waals surface area contributed by atoms with Gasteiger partial charge in [0, 0.05) is 52.4 Å². The number of ether oxygens (including phenoxy) is 2. The number of benzene rings is 3. The average Bonchev–Trinajstić information content (AvgIpc) is 2.89. The van der Waals surface area contributed by atoms with E-state index in [9.17, 15) is 27.7 Å². The van der Waals surface area contributed by atoms with E-state index < -0.39 is 18.5 Å². The van der Waals surface area contributed by atoms with Gasteiger partial charge in [0.2, 0.25) is 0 Å². The molecule has 0 spiro atoms. The molecule has 198 valence electrons. The lowest BCUT2D eigenvalue weighted by Crippen LogP contribution is -2.52. The van der Waals surface area contributed by atoms with Crippen molar-refractivity contribution in [1.29, 1.82) is 0 Å². The molecule has 1 N–H and O–H groups in total. The van der Waals surface area contributed by atoms with Crippen LogP contribution in [-0.4, -0.2) is 54.2 Å². The first kappa shape index (κ1) is 26.6. The summed E-state index contributed by atoms with van der Waals surface area (Å²) >= 11 is 0. The Labute approximate surface area is 216 Å². The van der Waals surface area contributed by atoms with Gasteiger partial charge in [-0.3, -0.25) is 4.79 Å². The van der Waals surface area contributed by atoms with Gasteiger partial charge in [-0.2, -0.15) is 0 Å². The van der Waals surface area contributed by atoms with E-state index in [4.69, 9.17) is 4.74 Å². The SMILES string of the molecule is C[N+](=O)c1ccc(OC(=O)N2CC(NC(=O)c3ccccc3)CC(c3ccc(OC(F)(F)F)cc3)C2)cc1. The lowest BCUT2D eigenvalue weighted by atomic mass is 9.88. The van der Waals surface area contributed by atoms with E-state index in [1.54, 1.807) is 30.3 Å². The number of halogens is 3. The molecule has 1 saturated heterocycles. The molecule has 4 rings (SSSR count). The number of nitrogens with one attached hydrogen (secondary N) is 1. The smallest absolute Gasteiger partial charge is 0.410 e. The largest absolute Gasteiger partial charge is 0.573 e. The maximum atomic E-state index is 13.0. The van der Waals surface area contributed by atoms with Crippen LogP contribution in [0.4, 0.5) is 23.7 Å². The fraction of sp³-hybridized carbons (Fsp3) is 0.259. The lowest BCUT2D eigenvalue weighted by molar-refractivity contribution is -0.428. The highest BCUT2D eigenvalue weighted by atomic mass is 19.4. The third kappa shape index (κ3) is 7.09. The van der Waals surface area contributed by atoms with Crippen LogP contribution in [-0.2, 0) is 0 Å². The van der Waals surface area contributed by atoms with Crippen LogP contribution in [0.3, 0.4) is 0 Å². The quantitative estimate of drug-likeness (QED) is 0.432. The van der Waals surface area contributed by atoms with Gasteiger partial charge in [-0.15, -0.1) is 13.2 Å². The first-order valence-electron chi connectivity index (χ1n) is 11.8. The number of nitroso groups, excluding NO2 is 1. The topological polar surface area (TPSA) is 88.0 Å². The van der Waals surface area contributed by atoms with Crippen LogP contribution in [0.15, 0.2) is 78.9 Å². The molecule has 1 aliphatic rings. The molecule has 0 radical (unpaired) electrons. The third-order valence-electron chi connectivity index (χ3n) is 6.07. The summed E-state index contributed by atoms with van der Waals surface area (Å²) in [5, 5.41) is 2.94. The summed E-state index contributed by atoms with van der Waals surface area (Å²) in [4.78, 5) is 38.7. The number of carbonyl (C=O) groups excluding carboxylic acids is 2. The average molecular weight is 529 g/mol. The zero-order valence-electron chi connectivity index (χ0n) is 20.4.